The molecule has 0 unspecified atom stereocenters. The van der Waals surface area contributed by atoms with E-state index in [1.807, 2.05) is 48.8 Å². The van der Waals surface area contributed by atoms with Crippen molar-refractivity contribution in [2.24, 2.45) is 0 Å². The van der Waals surface area contributed by atoms with Gasteiger partial charge in [-0.1, -0.05) is 127 Å². The van der Waals surface area contributed by atoms with E-state index in [0.29, 0.717) is 0 Å². The van der Waals surface area contributed by atoms with E-state index in [1.165, 1.54) is 43.8 Å². The van der Waals surface area contributed by atoms with E-state index in [0.717, 1.165) is 34.2 Å². The molecular formula is C46H46N4Si. The molecule has 4 nitrogen and oxygen atoms in total. The van der Waals surface area contributed by atoms with Crippen LogP contribution in [0.15, 0.2) is 134 Å². The summed E-state index contributed by atoms with van der Waals surface area (Å²) in [5, 5.41) is 2.61. The Bertz CT molecular complexity index is 2090. The van der Waals surface area contributed by atoms with Crippen molar-refractivity contribution in [1.82, 2.24) is 19.9 Å². The predicted octanol–water partition coefficient (Wildman–Crippen LogP) is 11.5. The molecule has 5 heteroatoms. The third-order valence-corrected chi connectivity index (χ3v) is 13.5. The molecule has 51 heavy (non-hydrogen) atoms. The summed E-state index contributed by atoms with van der Waals surface area (Å²) >= 11 is 0. The molecule has 0 spiro atoms. The lowest BCUT2D eigenvalue weighted by atomic mass is 9.83. The van der Waals surface area contributed by atoms with Gasteiger partial charge in [0, 0.05) is 12.4 Å². The summed E-state index contributed by atoms with van der Waals surface area (Å²) in [6, 6.07) is 43.2. The van der Waals surface area contributed by atoms with Gasteiger partial charge in [0.05, 0.1) is 34.2 Å². The van der Waals surface area contributed by atoms with Crippen molar-refractivity contribution in [3.05, 3.63) is 167 Å². The Labute approximate surface area is 304 Å². The molecule has 0 aliphatic carbocycles. The van der Waals surface area contributed by atoms with Crippen molar-refractivity contribution in [3.63, 3.8) is 0 Å². The zero-order valence-corrected chi connectivity index (χ0v) is 32.0. The lowest BCUT2D eigenvalue weighted by molar-refractivity contribution is 0.590. The summed E-state index contributed by atoms with van der Waals surface area (Å²) in [7, 11) is -2.53. The van der Waals surface area contributed by atoms with E-state index >= 15 is 0 Å². The monoisotopic (exact) mass is 682 g/mol. The van der Waals surface area contributed by atoms with Crippen molar-refractivity contribution in [2.75, 3.05) is 0 Å². The molecule has 0 N–H and O–H groups in total. The van der Waals surface area contributed by atoms with Gasteiger partial charge in [0.1, 0.15) is 8.07 Å². The fourth-order valence-corrected chi connectivity index (χ4v) is 10.8. The lowest BCUT2D eigenvalue weighted by Crippen LogP contribution is -2.29. The third-order valence-electron chi connectivity index (χ3n) is 9.94. The van der Waals surface area contributed by atoms with Gasteiger partial charge in [0.25, 0.3) is 0 Å². The number of benzene rings is 2. The van der Waals surface area contributed by atoms with Crippen molar-refractivity contribution in [1.29, 1.82) is 0 Å². The van der Waals surface area contributed by atoms with Gasteiger partial charge in [-0.15, -0.1) is 0 Å². The van der Waals surface area contributed by atoms with E-state index in [2.05, 4.69) is 150 Å². The van der Waals surface area contributed by atoms with Crippen molar-refractivity contribution >= 4 is 29.6 Å². The highest BCUT2D eigenvalue weighted by molar-refractivity contribution is 7.13. The van der Waals surface area contributed by atoms with Crippen LogP contribution in [0.4, 0.5) is 0 Å². The van der Waals surface area contributed by atoms with Crippen molar-refractivity contribution < 1.29 is 0 Å². The second-order valence-corrected chi connectivity index (χ2v) is 20.3. The Morgan fingerprint density at radius 1 is 0.392 bits per heavy atom. The average molecular weight is 683 g/mol. The molecule has 1 aliphatic rings. The van der Waals surface area contributed by atoms with Crippen LogP contribution in [0.25, 0.3) is 44.3 Å². The Morgan fingerprint density at radius 2 is 0.745 bits per heavy atom. The van der Waals surface area contributed by atoms with Crippen LogP contribution in [0, 0.1) is 0 Å². The van der Waals surface area contributed by atoms with E-state index in [9.17, 15) is 0 Å². The molecule has 5 heterocycles. The van der Waals surface area contributed by atoms with Crippen LogP contribution < -0.4 is 0 Å². The zero-order chi connectivity index (χ0) is 36.0. The molecular weight excluding hydrogens is 637 g/mol. The summed E-state index contributed by atoms with van der Waals surface area (Å²) in [5.41, 5.74) is 13.0. The number of nitrogens with zero attached hydrogens (tertiary/aromatic N) is 4. The average Bonchev–Trinajstić information content (AvgIpc) is 3.38. The number of rotatable bonds is 6. The van der Waals surface area contributed by atoms with Crippen molar-refractivity contribution in [3.8, 4) is 22.8 Å². The minimum Gasteiger partial charge on any atom is -0.255 e. The highest BCUT2D eigenvalue weighted by Gasteiger charge is 2.45. The molecule has 0 saturated heterocycles. The SMILES string of the molecule is CC(C)(C)c1ccc(C2=C(c3cccc(-c4ccccn4)n3)[Si](C)(C)C(c3cccc(-c4ccccn4)n3)=C2c2ccc(C(C)(C)C)cc2)cc1. The Kier molecular flexibility index (Phi) is 8.80. The first-order valence-electron chi connectivity index (χ1n) is 17.8. The second kappa shape index (κ2) is 13.1. The Hall–Kier alpha value is -5.26. The molecule has 4 aromatic heterocycles. The zero-order valence-electron chi connectivity index (χ0n) is 31.0. The van der Waals surface area contributed by atoms with Crippen LogP contribution in [-0.2, 0) is 10.8 Å². The number of hydrogen-bond donors (Lipinski definition) is 0. The number of allylic oxidation sites excluding steroid dienone is 2. The minimum absolute atomic E-state index is 0.0421. The summed E-state index contributed by atoms with van der Waals surface area (Å²) < 4.78 is 0. The normalized spacial score (nSPS) is 14.7. The van der Waals surface area contributed by atoms with Crippen LogP contribution in [0.2, 0.25) is 13.1 Å². The van der Waals surface area contributed by atoms with Gasteiger partial charge in [-0.3, -0.25) is 9.97 Å². The lowest BCUT2D eigenvalue weighted by Gasteiger charge is -2.26. The van der Waals surface area contributed by atoms with E-state index in [1.54, 1.807) is 0 Å². The maximum Gasteiger partial charge on any atom is 0.119 e. The summed E-state index contributed by atoms with van der Waals surface area (Å²) in [6.45, 7) is 18.5. The standard InChI is InChI=1S/C46H46N4Si/c1-45(2,3)33-25-21-31(22-26-33)41-42(32-23-27-34(28-24-32)46(4,5)6)44(40-20-14-18-38(50-40)36-16-10-12-30-48-36)51(7,8)43(41)39-19-13-17-37(49-39)35-15-9-11-29-47-35/h9-30H,1-8H3. The van der Waals surface area contributed by atoms with Gasteiger partial charge in [0.2, 0.25) is 0 Å². The maximum atomic E-state index is 5.38. The molecule has 0 saturated carbocycles. The molecule has 0 amide bonds. The largest absolute Gasteiger partial charge is 0.255 e. The Balaban J connectivity index is 1.55. The smallest absolute Gasteiger partial charge is 0.119 e. The Morgan fingerprint density at radius 3 is 1.08 bits per heavy atom. The van der Waals surface area contributed by atoms with Gasteiger partial charge in [-0.05, 0) is 103 Å². The molecule has 0 radical (unpaired) electrons. The highest BCUT2D eigenvalue weighted by atomic mass is 28.3. The molecule has 0 atom stereocenters. The molecule has 0 fully saturated rings. The van der Waals surface area contributed by atoms with Crippen LogP contribution in [0.1, 0.15) is 75.2 Å². The maximum absolute atomic E-state index is 5.38. The fourth-order valence-electron chi connectivity index (χ4n) is 7.21. The predicted molar refractivity (Wildman–Crippen MR) is 216 cm³/mol. The van der Waals surface area contributed by atoms with Gasteiger partial charge in [-0.2, -0.15) is 0 Å². The van der Waals surface area contributed by atoms with Crippen LogP contribution in [-0.4, -0.2) is 28.0 Å². The number of hydrogen-bond acceptors (Lipinski definition) is 4. The van der Waals surface area contributed by atoms with Gasteiger partial charge in [-0.25, -0.2) is 9.97 Å². The van der Waals surface area contributed by atoms with Crippen LogP contribution >= 0.6 is 0 Å². The fraction of sp³-hybridized carbons (Fsp3) is 0.217. The third kappa shape index (κ3) is 6.66. The van der Waals surface area contributed by atoms with E-state index in [-0.39, 0.29) is 10.8 Å². The van der Waals surface area contributed by atoms with Gasteiger partial charge >= 0.3 is 0 Å². The first-order chi connectivity index (χ1) is 24.3. The number of aromatic nitrogens is 4. The first-order valence-corrected chi connectivity index (χ1v) is 20.8. The quantitative estimate of drug-likeness (QED) is 0.164. The molecule has 254 valence electrons. The molecule has 0 bridgehead atoms. The van der Waals surface area contributed by atoms with E-state index in [4.69, 9.17) is 9.97 Å². The minimum atomic E-state index is -2.53. The summed E-state index contributed by atoms with van der Waals surface area (Å²) in [5.74, 6) is 0. The second-order valence-electron chi connectivity index (χ2n) is 16.0. The molecule has 6 aromatic rings. The molecule has 7 rings (SSSR count). The van der Waals surface area contributed by atoms with E-state index < -0.39 is 8.07 Å². The number of pyridine rings is 4. The highest BCUT2D eigenvalue weighted by Crippen LogP contribution is 2.55. The summed E-state index contributed by atoms with van der Waals surface area (Å²) in [6.07, 6.45) is 3.66. The van der Waals surface area contributed by atoms with Gasteiger partial charge < -0.3 is 0 Å². The van der Waals surface area contributed by atoms with Gasteiger partial charge in [0.15, 0.2) is 0 Å². The van der Waals surface area contributed by atoms with Crippen molar-refractivity contribution in [2.45, 2.75) is 65.5 Å². The molecule has 1 aliphatic heterocycles. The first kappa shape index (κ1) is 34.2. The topological polar surface area (TPSA) is 51.6 Å². The molecule has 2 aromatic carbocycles. The summed E-state index contributed by atoms with van der Waals surface area (Å²) in [4.78, 5) is 20.1. The van der Waals surface area contributed by atoms with Crippen LogP contribution in [0.3, 0.4) is 0 Å². The van der Waals surface area contributed by atoms with Crippen LogP contribution in [0.5, 0.6) is 0 Å².